The molecule has 11 amide bonds. The molecule has 1 aromatic heterocycles. The lowest BCUT2D eigenvalue weighted by Crippen LogP contribution is -2.51. The van der Waals surface area contributed by atoms with Gasteiger partial charge in [-0.1, -0.05) is 125 Å². The van der Waals surface area contributed by atoms with Crippen LogP contribution in [0.5, 0.6) is 0 Å². The number of nitrogens with one attached hydrogen (secondary N) is 5. The van der Waals surface area contributed by atoms with Crippen LogP contribution >= 0.6 is 0 Å². The SMILES string of the molecule is CC(C)(C)OC(=O)N(CC(=O)CNC(=O)[C@@H]1CC[C@@H]2CN1C(=O)N2OCc1ccccc1)C1CCCC1.CC(C)(C)OC(=O)N(CC(=O)NN)C1CCCC1.CCOC(=O)C=O.CCOC(=O)CN(C(=O)OC(C)(C)C)C1CCCC1.CCOC(=O)CNC1CCCC1.NC1CCCC1.NN.O.O=C(O)[C@@H]1CC[C@@H]2CN1C(=O)N2OCc1ccccc1.O=C1N2C[C@@H](CC[C@H]2c2nnc(CN[C@@H]3CCNC3)o2)N1OS(=O)(=O)O. The third-order valence-corrected chi connectivity index (χ3v) is 25.9. The molecule has 2 aromatic carbocycles. The maximum absolute atomic E-state index is 13.0. The molecule has 6 bridgehead atoms. The number of benzene rings is 2. The number of hydrogen-bond donors (Lipinski definition) is 11. The maximum Gasteiger partial charge on any atom is 0.418 e. The molecule has 7 aliphatic heterocycles. The van der Waals surface area contributed by atoms with Gasteiger partial charge in [-0.15, -0.1) is 14.5 Å². The van der Waals surface area contributed by atoms with Crippen molar-refractivity contribution in [3.8, 4) is 0 Å². The number of rotatable bonds is 32. The van der Waals surface area contributed by atoms with Gasteiger partial charge in [-0.2, -0.15) is 23.6 Å². The van der Waals surface area contributed by atoms with E-state index in [1.807, 2.05) is 93.8 Å². The summed E-state index contributed by atoms with van der Waals surface area (Å²) in [5, 5.41) is 33.1. The zero-order valence-electron chi connectivity index (χ0n) is 87.8. The molecule has 834 valence electrons. The lowest BCUT2D eigenvalue weighted by Gasteiger charge is -2.31. The first kappa shape index (κ1) is 125. The number of hydrogen-bond acceptors (Lipinski definition) is 35. The van der Waals surface area contributed by atoms with Gasteiger partial charge in [0.25, 0.3) is 5.91 Å². The van der Waals surface area contributed by atoms with Gasteiger partial charge in [0, 0.05) is 62.4 Å². The van der Waals surface area contributed by atoms with Gasteiger partial charge in [-0.3, -0.25) is 74.8 Å². The van der Waals surface area contributed by atoms with Crippen molar-refractivity contribution in [3.63, 3.8) is 0 Å². The number of fused-ring (bicyclic) bond motifs is 6. The van der Waals surface area contributed by atoms with Gasteiger partial charge in [0.2, 0.25) is 24.0 Å². The average Bonchev–Trinajstić information content (AvgIpc) is 1.62. The predicted molar refractivity (Wildman–Crippen MR) is 537 cm³/mol. The van der Waals surface area contributed by atoms with Crippen molar-refractivity contribution in [2.75, 3.05) is 85.3 Å². The van der Waals surface area contributed by atoms with Crippen molar-refractivity contribution in [2.24, 2.45) is 23.3 Å². The van der Waals surface area contributed by atoms with Crippen LogP contribution in [-0.4, -0.2) is 331 Å². The van der Waals surface area contributed by atoms with Crippen molar-refractivity contribution < 1.29 is 137 Å². The van der Waals surface area contributed by atoms with Crippen LogP contribution < -0.4 is 50.0 Å². The Morgan fingerprint density at radius 3 is 1.37 bits per heavy atom. The van der Waals surface area contributed by atoms with Gasteiger partial charge < -0.3 is 85.1 Å². The van der Waals surface area contributed by atoms with Gasteiger partial charge in [-0.05, 0) is 210 Å². The van der Waals surface area contributed by atoms with E-state index < -0.39 is 87.6 Å². The van der Waals surface area contributed by atoms with Crippen LogP contribution in [-0.2, 0) is 111 Å². The van der Waals surface area contributed by atoms with Crippen LogP contribution in [0.15, 0.2) is 65.1 Å². The van der Waals surface area contributed by atoms with E-state index in [0.717, 1.165) is 108 Å². The number of aromatic nitrogens is 2. The van der Waals surface area contributed by atoms with E-state index in [9.17, 15) is 75.5 Å². The Hall–Kier alpha value is -11.2. The summed E-state index contributed by atoms with van der Waals surface area (Å²) in [4.78, 5) is 185. The molecular weight excluding hydrogens is 1950 g/mol. The Kier molecular flexibility index (Phi) is 53.5. The molecule has 5 saturated carbocycles. The van der Waals surface area contributed by atoms with Crippen LogP contribution in [0.3, 0.4) is 0 Å². The molecule has 3 aromatic rings. The monoisotopic (exact) mass is 2120 g/mol. The molecule has 5 aliphatic carbocycles. The number of urea groups is 3. The van der Waals surface area contributed by atoms with Crippen LogP contribution in [0.1, 0.15) is 285 Å². The summed E-state index contributed by atoms with van der Waals surface area (Å²) in [6, 6.07) is 17.1. The number of aliphatic carboxylic acids is 1. The van der Waals surface area contributed by atoms with Crippen LogP contribution in [0.4, 0.5) is 28.8 Å². The number of carboxylic acids is 1. The molecule has 7 saturated heterocycles. The van der Waals surface area contributed by atoms with Gasteiger partial charge in [0.1, 0.15) is 61.2 Å². The summed E-state index contributed by atoms with van der Waals surface area (Å²) in [5.74, 6) is 10.5. The number of hydroxylamine groups is 6. The van der Waals surface area contributed by atoms with Gasteiger partial charge in [0.05, 0.1) is 64.1 Å². The standard InChI is InChI=1S/C27H38N4O6.C14H16N2O4.C14H25NO4.C13H20N6O6S.C12H23N3O3.C9H17NO2.C5H11N.C4H6O3.H4N2.H2O/c1-27(2,3)37-26(35)29(20-11-7-8-12-20)17-22(32)15-28-24(33)23-14-13-21-16-30(23)25(34)31(21)36-18-19-9-5-4-6-10-19;17-13(18)12-7-6-11-8-15(12)14(19)16(11)20-9-10-4-2-1-3-5-10;1-5-18-12(16)10-15(11-8-6-7-9-11)13(17)19-14(2,3)4;20-13-18-7-9(19(13)25-26(21,22)23)1-2-10(18)12-17-16-11(24-12)6-15-8-3-4-14-5-8;1-12(2,3)18-11(17)15(8-10(16)14-13)9-6-4-5-7-9;1-2-12-9(11)7-10-8-5-3-4-6-8;6-5-3-1-2-4-5;1-2-7-4(6)3-5;1-2;/h4-6,9-10,20-21,23H,7-8,11-18H2,1-3H3,(H,28,33);1-5,11-12H,6-9H2,(H,17,18);11H,5-10H2,1-4H3;8-10,14-15H,1-7H2,(H,21,22,23);9H,4-8,13H2,1-3H3,(H,14,16);8,10H,2-7H2,1H3;5H,1-4,6H2;3H,2H2,1H3;1-2H2;1H2/t21-,23+;11-,12+;;8-,9-,10+;;;;;;/m11.1....../s1. The zero-order valence-corrected chi connectivity index (χ0v) is 88.6. The summed E-state index contributed by atoms with van der Waals surface area (Å²) in [6.45, 7) is 26.6. The number of carbonyl (C=O) groups excluding carboxylic acids is 13. The number of amides is 11. The van der Waals surface area contributed by atoms with Crippen molar-refractivity contribution in [1.82, 2.24) is 81.5 Å². The minimum atomic E-state index is -4.76. The van der Waals surface area contributed by atoms with E-state index in [2.05, 4.69) is 52.2 Å². The van der Waals surface area contributed by atoms with E-state index in [4.69, 9.17) is 59.0 Å². The number of aldehydes is 1. The van der Waals surface area contributed by atoms with Crippen molar-refractivity contribution in [3.05, 3.63) is 83.6 Å². The number of Topliss-reactive ketones (excluding diaryl/α,β-unsaturated/α-hetero) is 1. The van der Waals surface area contributed by atoms with E-state index >= 15 is 0 Å². The first-order valence-electron chi connectivity index (χ1n) is 51.2. The number of nitrogens with two attached hydrogens (primary N) is 4. The van der Waals surface area contributed by atoms with E-state index in [0.29, 0.717) is 119 Å². The number of piperidine rings is 3. The van der Waals surface area contributed by atoms with Crippen LogP contribution in [0, 0.1) is 0 Å². The highest BCUT2D eigenvalue weighted by molar-refractivity contribution is 7.80. The summed E-state index contributed by atoms with van der Waals surface area (Å²) < 4.78 is 70.9. The number of ketones is 1. The molecule has 0 unspecified atom stereocenters. The lowest BCUT2D eigenvalue weighted by atomic mass is 10.0. The molecule has 7 atom stereocenters. The van der Waals surface area contributed by atoms with E-state index in [1.165, 1.54) is 90.9 Å². The van der Waals surface area contributed by atoms with Gasteiger partial charge >= 0.3 is 70.6 Å². The van der Waals surface area contributed by atoms with Crippen molar-refractivity contribution >= 4 is 94.5 Å². The fourth-order valence-electron chi connectivity index (χ4n) is 18.6. The predicted octanol–water partition coefficient (Wildman–Crippen LogP) is 7.52. The Labute approximate surface area is 867 Å². The first-order chi connectivity index (χ1) is 69.9. The molecule has 17 N–H and O–H groups in total. The molecule has 15 rings (SSSR count). The van der Waals surface area contributed by atoms with Crippen molar-refractivity contribution in [2.45, 2.75) is 366 Å². The first-order valence-corrected chi connectivity index (χ1v) is 52.6. The minimum absolute atomic E-state index is 0. The van der Waals surface area contributed by atoms with E-state index in [-0.39, 0.29) is 130 Å². The molecular formula is C98H162N20O29S. The fraction of sp³-hybridized carbons (Fsp3) is 0.714. The molecule has 0 spiro atoms. The zero-order chi connectivity index (χ0) is 108. The second-order valence-corrected chi connectivity index (χ2v) is 41.3. The highest BCUT2D eigenvalue weighted by atomic mass is 32.3. The van der Waals surface area contributed by atoms with E-state index in [1.54, 1.807) is 55.4 Å². The molecule has 8 heterocycles. The Bertz CT molecular complexity index is 4730. The third-order valence-electron chi connectivity index (χ3n) is 25.6. The Morgan fingerprint density at radius 2 is 0.946 bits per heavy atom. The van der Waals surface area contributed by atoms with Gasteiger partial charge in [0.15, 0.2) is 5.78 Å². The molecule has 0 radical (unpaired) electrons. The smallest absolute Gasteiger partial charge is 0.418 e. The molecule has 12 fully saturated rings. The van der Waals surface area contributed by atoms with Gasteiger partial charge in [-0.25, -0.2) is 44.2 Å². The third kappa shape index (κ3) is 43.1. The number of ether oxygens (including phenoxy) is 6. The summed E-state index contributed by atoms with van der Waals surface area (Å²) >= 11 is 0. The largest absolute Gasteiger partial charge is 0.480 e. The number of esters is 3. The number of carbonyl (C=O) groups is 14. The normalized spacial score (nSPS) is 20.9. The summed E-state index contributed by atoms with van der Waals surface area (Å²) in [5.41, 5.74) is 7.74. The molecule has 12 aliphatic rings. The highest BCUT2D eigenvalue weighted by Gasteiger charge is 2.52. The molecule has 50 heteroatoms. The van der Waals surface area contributed by atoms with Crippen molar-refractivity contribution in [1.29, 1.82) is 0 Å². The fourth-order valence-corrected chi connectivity index (χ4v) is 19.0. The Morgan fingerprint density at radius 1 is 0.520 bits per heavy atom. The highest BCUT2D eigenvalue weighted by Crippen LogP contribution is 2.40. The lowest BCUT2D eigenvalue weighted by molar-refractivity contribution is -0.148. The average molecular weight is 2120 g/mol. The number of carboxylic acid groups (broad SMARTS) is 1. The number of hydrazine groups is 2. The topological polar surface area (TPSA) is 660 Å². The second kappa shape index (κ2) is 63.1. The minimum Gasteiger partial charge on any atom is -0.480 e. The summed E-state index contributed by atoms with van der Waals surface area (Å²) in [6.07, 6.45) is 25.1. The second-order valence-electron chi connectivity index (χ2n) is 40.3. The van der Waals surface area contributed by atoms with Crippen LogP contribution in [0.25, 0.3) is 0 Å². The maximum atomic E-state index is 13.0. The quantitative estimate of drug-likeness (QED) is 0.00420. The molecule has 49 nitrogen and oxygen atoms in total. The number of nitrogens with zero attached hydrogens (tertiary/aromatic N) is 11. The summed E-state index contributed by atoms with van der Waals surface area (Å²) in [7, 11) is -4.76. The molecule has 148 heavy (non-hydrogen) atoms. The Balaban J connectivity index is 0.000000270. The van der Waals surface area contributed by atoms with Crippen LogP contribution in [0.2, 0.25) is 0 Å².